The minimum Gasteiger partial charge on any atom is -0.314 e. The Hall–Kier alpha value is -0.170. The van der Waals surface area contributed by atoms with Gasteiger partial charge in [-0.15, -0.1) is 0 Å². The molecule has 2 heterocycles. The summed E-state index contributed by atoms with van der Waals surface area (Å²) in [6, 6.07) is 0.690. The lowest BCUT2D eigenvalue weighted by Gasteiger charge is -2.27. The van der Waals surface area contributed by atoms with Crippen molar-refractivity contribution < 1.29 is 8.42 Å². The number of sulfonamides is 1. The number of hydrogen-bond acceptors (Lipinski definition) is 4. The van der Waals surface area contributed by atoms with Gasteiger partial charge in [0, 0.05) is 44.8 Å². The molecule has 1 atom stereocenters. The summed E-state index contributed by atoms with van der Waals surface area (Å²) in [6.07, 6.45) is 0.970. The highest BCUT2D eigenvalue weighted by molar-refractivity contribution is 7.89. The second-order valence-corrected chi connectivity index (χ2v) is 7.25. The first-order valence-electron chi connectivity index (χ1n) is 6.45. The van der Waals surface area contributed by atoms with Gasteiger partial charge in [-0.1, -0.05) is 0 Å². The van der Waals surface area contributed by atoms with E-state index in [-0.39, 0.29) is 11.8 Å². The topological polar surface area (TPSA) is 52.6 Å². The molecule has 2 aliphatic rings. The molecule has 0 amide bonds. The number of rotatable bonds is 2. The molecule has 0 aromatic rings. The molecule has 5 nitrogen and oxygen atoms in total. The Morgan fingerprint density at radius 1 is 1.24 bits per heavy atom. The van der Waals surface area contributed by atoms with Crippen LogP contribution in [0, 0.1) is 0 Å². The van der Waals surface area contributed by atoms with Gasteiger partial charge in [0.1, 0.15) is 0 Å². The largest absolute Gasteiger partial charge is 0.314 e. The Kier molecular flexibility index (Phi) is 4.07. The van der Waals surface area contributed by atoms with Crippen molar-refractivity contribution >= 4 is 10.0 Å². The normalized spacial score (nSPS) is 31.8. The fourth-order valence-corrected chi connectivity index (χ4v) is 4.29. The molecule has 2 rings (SSSR count). The zero-order valence-corrected chi connectivity index (χ0v) is 11.5. The van der Waals surface area contributed by atoms with Gasteiger partial charge in [-0.25, -0.2) is 8.42 Å². The van der Waals surface area contributed by atoms with Gasteiger partial charge < -0.3 is 5.32 Å². The average Bonchev–Trinajstić information content (AvgIpc) is 2.65. The van der Waals surface area contributed by atoms with E-state index in [4.69, 9.17) is 0 Å². The fourth-order valence-electron chi connectivity index (χ4n) is 2.65. The van der Waals surface area contributed by atoms with Crippen LogP contribution in [0.25, 0.3) is 0 Å². The first-order chi connectivity index (χ1) is 8.00. The molecule has 0 bridgehead atoms. The van der Waals surface area contributed by atoms with Crippen LogP contribution >= 0.6 is 0 Å². The maximum absolute atomic E-state index is 12.1. The lowest BCUT2D eigenvalue weighted by atomic mass is 10.2. The van der Waals surface area contributed by atoms with E-state index in [1.54, 1.807) is 4.31 Å². The van der Waals surface area contributed by atoms with E-state index < -0.39 is 10.0 Å². The first-order valence-corrected chi connectivity index (χ1v) is 8.06. The molecule has 0 spiro atoms. The van der Waals surface area contributed by atoms with Crippen LogP contribution in [0.1, 0.15) is 20.3 Å². The molecule has 6 heteroatoms. The summed E-state index contributed by atoms with van der Waals surface area (Å²) in [5.41, 5.74) is 0. The molecule has 0 aliphatic carbocycles. The van der Waals surface area contributed by atoms with Gasteiger partial charge in [0.15, 0.2) is 0 Å². The van der Waals surface area contributed by atoms with E-state index >= 15 is 0 Å². The van der Waals surface area contributed by atoms with Gasteiger partial charge in [-0.2, -0.15) is 4.31 Å². The molecule has 2 aliphatic heterocycles. The molecule has 2 saturated heterocycles. The summed E-state index contributed by atoms with van der Waals surface area (Å²) in [5, 5.41) is 3.16. The summed E-state index contributed by atoms with van der Waals surface area (Å²) in [5.74, 6) is 0.241. The van der Waals surface area contributed by atoms with Crippen molar-refractivity contribution in [2.75, 3.05) is 38.5 Å². The van der Waals surface area contributed by atoms with E-state index in [1.165, 1.54) is 0 Å². The maximum atomic E-state index is 12.1. The summed E-state index contributed by atoms with van der Waals surface area (Å²) in [7, 11) is -3.05. The number of nitrogens with zero attached hydrogens (tertiary/aromatic N) is 2. The van der Waals surface area contributed by atoms with Gasteiger partial charge in [0.05, 0.1) is 5.75 Å². The molecule has 2 fully saturated rings. The van der Waals surface area contributed by atoms with Crippen molar-refractivity contribution in [3.8, 4) is 0 Å². The second kappa shape index (κ2) is 5.22. The SMILES string of the molecule is CC(C)N1CCC(N2CCNCCS2(=O)=O)C1. The van der Waals surface area contributed by atoms with Crippen LogP contribution in [0.4, 0.5) is 0 Å². The molecule has 0 aromatic heterocycles. The van der Waals surface area contributed by atoms with Crippen LogP contribution in [0.5, 0.6) is 0 Å². The smallest absolute Gasteiger partial charge is 0.215 e. The molecule has 100 valence electrons. The van der Waals surface area contributed by atoms with E-state index in [0.717, 1.165) is 26.1 Å². The van der Waals surface area contributed by atoms with Crippen LogP contribution in [0.2, 0.25) is 0 Å². The van der Waals surface area contributed by atoms with Crippen LogP contribution in [0.3, 0.4) is 0 Å². The molecule has 1 unspecified atom stereocenters. The Balaban J connectivity index is 2.06. The summed E-state index contributed by atoms with van der Waals surface area (Å²) >= 11 is 0. The predicted octanol–water partition coefficient (Wildman–Crippen LogP) is -0.296. The minimum absolute atomic E-state index is 0.183. The Morgan fingerprint density at radius 3 is 2.65 bits per heavy atom. The van der Waals surface area contributed by atoms with E-state index in [1.807, 2.05) is 0 Å². The Morgan fingerprint density at radius 2 is 2.00 bits per heavy atom. The van der Waals surface area contributed by atoms with E-state index in [2.05, 4.69) is 24.1 Å². The fraction of sp³-hybridized carbons (Fsp3) is 1.00. The van der Waals surface area contributed by atoms with Gasteiger partial charge in [0.25, 0.3) is 0 Å². The average molecular weight is 261 g/mol. The highest BCUT2D eigenvalue weighted by Crippen LogP contribution is 2.21. The molecule has 1 N–H and O–H groups in total. The lowest BCUT2D eigenvalue weighted by Crippen LogP contribution is -2.44. The molecular weight excluding hydrogens is 238 g/mol. The zero-order chi connectivity index (χ0) is 12.5. The molecule has 17 heavy (non-hydrogen) atoms. The van der Waals surface area contributed by atoms with Gasteiger partial charge in [-0.3, -0.25) is 4.90 Å². The molecule has 0 radical (unpaired) electrons. The minimum atomic E-state index is -3.05. The zero-order valence-electron chi connectivity index (χ0n) is 10.7. The lowest BCUT2D eigenvalue weighted by molar-refractivity contribution is 0.248. The van der Waals surface area contributed by atoms with Crippen LogP contribution in [-0.2, 0) is 10.0 Å². The monoisotopic (exact) mass is 261 g/mol. The number of hydrogen-bond donors (Lipinski definition) is 1. The highest BCUT2D eigenvalue weighted by Gasteiger charge is 2.35. The van der Waals surface area contributed by atoms with Crippen molar-refractivity contribution in [3.63, 3.8) is 0 Å². The van der Waals surface area contributed by atoms with Gasteiger partial charge >= 0.3 is 0 Å². The molecule has 0 saturated carbocycles. The van der Waals surface area contributed by atoms with Crippen LogP contribution < -0.4 is 5.32 Å². The van der Waals surface area contributed by atoms with Crippen molar-refractivity contribution in [2.45, 2.75) is 32.4 Å². The van der Waals surface area contributed by atoms with Crippen LogP contribution in [-0.4, -0.2) is 68.2 Å². The van der Waals surface area contributed by atoms with Crippen molar-refractivity contribution in [2.24, 2.45) is 0 Å². The van der Waals surface area contributed by atoms with Gasteiger partial charge in [-0.05, 0) is 20.3 Å². The molecular formula is C11H23N3O2S. The first kappa shape index (κ1) is 13.3. The predicted molar refractivity (Wildman–Crippen MR) is 68.5 cm³/mol. The highest BCUT2D eigenvalue weighted by atomic mass is 32.2. The Bertz CT molecular complexity index is 356. The second-order valence-electron chi connectivity index (χ2n) is 5.21. The van der Waals surface area contributed by atoms with Gasteiger partial charge in [0.2, 0.25) is 10.0 Å². The van der Waals surface area contributed by atoms with Crippen LogP contribution in [0.15, 0.2) is 0 Å². The van der Waals surface area contributed by atoms with Crippen molar-refractivity contribution in [1.29, 1.82) is 0 Å². The summed E-state index contributed by atoms with van der Waals surface area (Å²) in [4.78, 5) is 2.36. The summed E-state index contributed by atoms with van der Waals surface area (Å²) in [6.45, 7) is 8.22. The number of nitrogens with one attached hydrogen (secondary N) is 1. The van der Waals surface area contributed by atoms with E-state index in [9.17, 15) is 8.42 Å². The number of likely N-dealkylation sites (tertiary alicyclic amines) is 1. The van der Waals surface area contributed by atoms with E-state index in [0.29, 0.717) is 19.1 Å². The molecule has 0 aromatic carbocycles. The van der Waals surface area contributed by atoms with Crippen molar-refractivity contribution in [1.82, 2.24) is 14.5 Å². The summed E-state index contributed by atoms with van der Waals surface area (Å²) < 4.78 is 26.0. The third kappa shape index (κ3) is 2.99. The maximum Gasteiger partial charge on any atom is 0.215 e. The third-order valence-electron chi connectivity index (χ3n) is 3.74. The Labute approximate surface area is 104 Å². The van der Waals surface area contributed by atoms with Crippen molar-refractivity contribution in [3.05, 3.63) is 0 Å². The quantitative estimate of drug-likeness (QED) is 0.742. The standard InChI is InChI=1S/C11H23N3O2S/c1-10(2)13-6-3-11(9-13)14-7-4-12-5-8-17(14,15)16/h10-12H,3-9H2,1-2H3. The third-order valence-corrected chi connectivity index (χ3v) is 5.65.